The number of halogens is 2. The van der Waals surface area contributed by atoms with E-state index >= 15 is 0 Å². The molecule has 0 spiro atoms. The van der Waals surface area contributed by atoms with E-state index in [-0.39, 0.29) is 23.6 Å². The second-order valence-corrected chi connectivity index (χ2v) is 8.42. The van der Waals surface area contributed by atoms with Gasteiger partial charge in [0.15, 0.2) is 0 Å². The van der Waals surface area contributed by atoms with Gasteiger partial charge in [-0.2, -0.15) is 0 Å². The van der Waals surface area contributed by atoms with E-state index in [2.05, 4.69) is 26.0 Å². The molecule has 0 fully saturated rings. The molecule has 0 atom stereocenters. The third kappa shape index (κ3) is 5.65. The van der Waals surface area contributed by atoms with Crippen molar-refractivity contribution in [3.8, 4) is 11.1 Å². The third-order valence-corrected chi connectivity index (χ3v) is 6.12. The van der Waals surface area contributed by atoms with Crippen LogP contribution in [-0.2, 0) is 22.5 Å². The van der Waals surface area contributed by atoms with Gasteiger partial charge in [0.1, 0.15) is 23.0 Å². The van der Waals surface area contributed by atoms with Crippen LogP contribution in [0.4, 0.5) is 14.6 Å². The molecule has 2 aromatic carbocycles. The standard InChI is InChI=1S/C27H27F2N3O3/c1-35-27(34)25-21(8-2-9-22(25)28)19-11-12-20(23(29)16-19)17-31-24(33)10-5-15-32-14-4-7-18-6-3-13-30-26(18)32/h2-3,6,8-9,11-13,16H,4-5,7,10,14-15,17H2,1H3,(H,31,33). The van der Waals surface area contributed by atoms with Crippen molar-refractivity contribution in [3.05, 3.63) is 83.1 Å². The number of benzene rings is 2. The van der Waals surface area contributed by atoms with Gasteiger partial charge in [0.05, 0.1) is 7.11 Å². The zero-order valence-corrected chi connectivity index (χ0v) is 19.5. The molecule has 8 heteroatoms. The van der Waals surface area contributed by atoms with Crippen LogP contribution < -0.4 is 10.2 Å². The number of nitrogens with zero attached hydrogens (tertiary/aromatic N) is 2. The lowest BCUT2D eigenvalue weighted by atomic mass is 9.98. The Morgan fingerprint density at radius 3 is 2.77 bits per heavy atom. The third-order valence-electron chi connectivity index (χ3n) is 6.12. The number of carbonyl (C=O) groups is 2. The number of aryl methyl sites for hydroxylation is 1. The summed E-state index contributed by atoms with van der Waals surface area (Å²) in [7, 11) is 1.16. The number of hydrogen-bond donors (Lipinski definition) is 1. The normalized spacial score (nSPS) is 12.7. The lowest BCUT2D eigenvalue weighted by Gasteiger charge is -2.29. The van der Waals surface area contributed by atoms with E-state index in [9.17, 15) is 18.4 Å². The first-order valence-corrected chi connectivity index (χ1v) is 11.6. The quantitative estimate of drug-likeness (QED) is 0.476. The molecule has 0 bridgehead atoms. The molecule has 0 radical (unpaired) electrons. The lowest BCUT2D eigenvalue weighted by Crippen LogP contribution is -2.32. The molecule has 1 N–H and O–H groups in total. The predicted octanol–water partition coefficient (Wildman–Crippen LogP) is 4.66. The van der Waals surface area contributed by atoms with Gasteiger partial charge in [-0.1, -0.05) is 30.3 Å². The van der Waals surface area contributed by atoms with Gasteiger partial charge >= 0.3 is 5.97 Å². The van der Waals surface area contributed by atoms with Crippen molar-refractivity contribution in [2.24, 2.45) is 0 Å². The number of ether oxygens (including phenoxy) is 1. The molecule has 182 valence electrons. The first-order chi connectivity index (χ1) is 17.0. The van der Waals surface area contributed by atoms with Crippen LogP contribution in [0.5, 0.6) is 0 Å². The Bertz CT molecular complexity index is 1230. The number of anilines is 1. The summed E-state index contributed by atoms with van der Waals surface area (Å²) in [6.45, 7) is 1.69. The number of aromatic nitrogens is 1. The molecule has 0 saturated heterocycles. The van der Waals surface area contributed by atoms with Crippen molar-refractivity contribution in [1.29, 1.82) is 0 Å². The van der Waals surface area contributed by atoms with Gasteiger partial charge < -0.3 is 15.0 Å². The van der Waals surface area contributed by atoms with Crippen molar-refractivity contribution in [3.63, 3.8) is 0 Å². The summed E-state index contributed by atoms with van der Waals surface area (Å²) in [5.41, 5.74) is 1.86. The number of hydrogen-bond acceptors (Lipinski definition) is 5. The Hall–Kier alpha value is -3.81. The molecule has 1 aliphatic rings. The van der Waals surface area contributed by atoms with Gasteiger partial charge in [-0.25, -0.2) is 18.6 Å². The molecule has 0 aliphatic carbocycles. The van der Waals surface area contributed by atoms with Crippen molar-refractivity contribution < 1.29 is 23.1 Å². The van der Waals surface area contributed by atoms with Gasteiger partial charge in [0.25, 0.3) is 0 Å². The van der Waals surface area contributed by atoms with Crippen LogP contribution in [-0.4, -0.2) is 37.1 Å². The molecule has 6 nitrogen and oxygen atoms in total. The summed E-state index contributed by atoms with van der Waals surface area (Å²) in [4.78, 5) is 31.0. The SMILES string of the molecule is COC(=O)c1c(F)cccc1-c1ccc(CNC(=O)CCCN2CCCc3cccnc32)c(F)c1. The smallest absolute Gasteiger partial charge is 0.341 e. The van der Waals surface area contributed by atoms with E-state index in [0.717, 1.165) is 44.9 Å². The first-order valence-electron chi connectivity index (χ1n) is 11.6. The monoisotopic (exact) mass is 479 g/mol. The number of carbonyl (C=O) groups excluding carboxylic acids is 2. The first kappa shape index (κ1) is 24.3. The van der Waals surface area contributed by atoms with Gasteiger partial charge in [0.2, 0.25) is 5.91 Å². The highest BCUT2D eigenvalue weighted by Gasteiger charge is 2.20. The summed E-state index contributed by atoms with van der Waals surface area (Å²) in [5.74, 6) is -1.30. The molecular formula is C27H27F2N3O3. The van der Waals surface area contributed by atoms with Crippen LogP contribution in [0.1, 0.15) is 40.7 Å². The Morgan fingerprint density at radius 2 is 1.97 bits per heavy atom. The summed E-state index contributed by atoms with van der Waals surface area (Å²) in [5, 5.41) is 2.76. The summed E-state index contributed by atoms with van der Waals surface area (Å²) in [6.07, 6.45) is 4.86. The number of amides is 1. The highest BCUT2D eigenvalue weighted by molar-refractivity contribution is 5.97. The van der Waals surface area contributed by atoms with Crippen LogP contribution in [0.2, 0.25) is 0 Å². The molecule has 4 rings (SSSR count). The average molecular weight is 480 g/mol. The molecular weight excluding hydrogens is 452 g/mol. The zero-order valence-electron chi connectivity index (χ0n) is 19.5. The zero-order chi connectivity index (χ0) is 24.8. The largest absolute Gasteiger partial charge is 0.465 e. The highest BCUT2D eigenvalue weighted by Crippen LogP contribution is 2.28. The van der Waals surface area contributed by atoms with Gasteiger partial charge in [-0.05, 0) is 54.2 Å². The fraction of sp³-hybridized carbons (Fsp3) is 0.296. The van der Waals surface area contributed by atoms with Crippen molar-refractivity contribution in [2.45, 2.75) is 32.2 Å². The minimum Gasteiger partial charge on any atom is -0.465 e. The van der Waals surface area contributed by atoms with E-state index in [0.29, 0.717) is 24.0 Å². The van der Waals surface area contributed by atoms with Crippen LogP contribution >= 0.6 is 0 Å². The molecule has 1 amide bonds. The maximum atomic E-state index is 14.8. The van der Waals surface area contributed by atoms with Crippen LogP contribution in [0.15, 0.2) is 54.7 Å². The highest BCUT2D eigenvalue weighted by atomic mass is 19.1. The van der Waals surface area contributed by atoms with E-state index in [1.165, 1.54) is 29.8 Å². The molecule has 0 saturated carbocycles. The Morgan fingerprint density at radius 1 is 1.11 bits per heavy atom. The maximum Gasteiger partial charge on any atom is 0.341 e. The summed E-state index contributed by atoms with van der Waals surface area (Å²) >= 11 is 0. The maximum absolute atomic E-state index is 14.8. The number of methoxy groups -OCH3 is 1. The van der Waals surface area contributed by atoms with Crippen LogP contribution in [0.25, 0.3) is 11.1 Å². The predicted molar refractivity (Wildman–Crippen MR) is 129 cm³/mol. The van der Waals surface area contributed by atoms with Crippen molar-refractivity contribution in [1.82, 2.24) is 10.3 Å². The molecule has 1 aromatic heterocycles. The number of esters is 1. The van der Waals surface area contributed by atoms with Crippen molar-refractivity contribution >= 4 is 17.7 Å². The number of rotatable bonds is 8. The minimum atomic E-state index is -0.835. The topological polar surface area (TPSA) is 71.5 Å². The number of pyridine rings is 1. The molecule has 35 heavy (non-hydrogen) atoms. The number of nitrogens with one attached hydrogen (secondary N) is 1. The van der Waals surface area contributed by atoms with E-state index in [1.807, 2.05) is 6.07 Å². The Kier molecular flexibility index (Phi) is 7.70. The number of fused-ring (bicyclic) bond motifs is 1. The molecule has 1 aliphatic heterocycles. The van der Waals surface area contributed by atoms with Crippen LogP contribution in [0, 0.1) is 11.6 Å². The van der Waals surface area contributed by atoms with Gasteiger partial charge in [-0.3, -0.25) is 4.79 Å². The Balaban J connectivity index is 1.33. The van der Waals surface area contributed by atoms with Crippen LogP contribution in [0.3, 0.4) is 0 Å². The fourth-order valence-electron chi connectivity index (χ4n) is 4.34. The average Bonchev–Trinajstić information content (AvgIpc) is 2.87. The molecule has 0 unspecified atom stereocenters. The van der Waals surface area contributed by atoms with E-state index in [1.54, 1.807) is 12.3 Å². The second kappa shape index (κ2) is 11.1. The Labute approximate surface area is 202 Å². The summed E-state index contributed by atoms with van der Waals surface area (Å²) < 4.78 is 33.6. The van der Waals surface area contributed by atoms with Gasteiger partial charge in [-0.15, -0.1) is 0 Å². The van der Waals surface area contributed by atoms with E-state index < -0.39 is 17.6 Å². The molecule has 2 heterocycles. The van der Waals surface area contributed by atoms with E-state index in [4.69, 9.17) is 0 Å². The minimum absolute atomic E-state index is 0.0338. The fourth-order valence-corrected chi connectivity index (χ4v) is 4.34. The second-order valence-electron chi connectivity index (χ2n) is 8.42. The summed E-state index contributed by atoms with van der Waals surface area (Å²) in [6, 6.07) is 12.5. The van der Waals surface area contributed by atoms with Gasteiger partial charge in [0, 0.05) is 37.8 Å². The lowest BCUT2D eigenvalue weighted by molar-refractivity contribution is -0.121. The van der Waals surface area contributed by atoms with Crippen molar-refractivity contribution in [2.75, 3.05) is 25.1 Å². The molecule has 3 aromatic rings.